The first-order valence-corrected chi connectivity index (χ1v) is 6.67. The topological polar surface area (TPSA) is 86.5 Å². The van der Waals surface area contributed by atoms with Gasteiger partial charge in [0.2, 0.25) is 0 Å². The zero-order valence-electron chi connectivity index (χ0n) is 11.8. The maximum Gasteiger partial charge on any atom is 0.262 e. The minimum atomic E-state index is -0.316. The van der Waals surface area contributed by atoms with Gasteiger partial charge in [0.1, 0.15) is 30.9 Å². The van der Waals surface area contributed by atoms with Gasteiger partial charge in [-0.1, -0.05) is 19.0 Å². The molecule has 0 saturated carbocycles. The van der Waals surface area contributed by atoms with E-state index in [1.807, 2.05) is 13.8 Å². The molecule has 2 aromatic heterocycles. The quantitative estimate of drug-likeness (QED) is 0.932. The number of hydrogen-bond acceptors (Lipinski definition) is 6. The van der Waals surface area contributed by atoms with Crippen LogP contribution in [-0.4, -0.2) is 29.3 Å². The number of aromatic nitrogens is 2. The summed E-state index contributed by atoms with van der Waals surface area (Å²) in [6, 6.07) is 3.38. The molecule has 0 radical (unpaired) electrons. The molecule has 3 heterocycles. The summed E-state index contributed by atoms with van der Waals surface area (Å²) in [6.45, 7) is 4.83. The molecule has 1 aliphatic heterocycles. The van der Waals surface area contributed by atoms with Crippen molar-refractivity contribution in [3.05, 3.63) is 29.7 Å². The Morgan fingerprint density at radius 2 is 2.10 bits per heavy atom. The zero-order valence-corrected chi connectivity index (χ0v) is 11.8. The molecule has 0 bridgehead atoms. The van der Waals surface area contributed by atoms with E-state index >= 15 is 0 Å². The Bertz CT molecular complexity index is 666. The molecule has 0 spiro atoms. The molecular formula is C14H15N3O4. The summed E-state index contributed by atoms with van der Waals surface area (Å²) in [5.41, 5.74) is 1.02. The van der Waals surface area contributed by atoms with E-state index in [9.17, 15) is 4.79 Å². The van der Waals surface area contributed by atoms with Crippen LogP contribution in [0.2, 0.25) is 0 Å². The standard InChI is InChI=1S/C14H15N3O4/c1-8(2)12-9(7-21-17-12)13(18)15-11-4-3-10-14(16-11)20-6-5-19-10/h3-4,7-8H,5-6H2,1-2H3,(H,15,16,18). The summed E-state index contributed by atoms with van der Waals surface area (Å²) in [7, 11) is 0. The fourth-order valence-electron chi connectivity index (χ4n) is 2.02. The van der Waals surface area contributed by atoms with E-state index in [1.54, 1.807) is 12.1 Å². The molecule has 0 fully saturated rings. The second kappa shape index (κ2) is 5.43. The van der Waals surface area contributed by atoms with Gasteiger partial charge in [0, 0.05) is 0 Å². The predicted octanol–water partition coefficient (Wildman–Crippen LogP) is 2.22. The van der Waals surface area contributed by atoms with Gasteiger partial charge in [-0.15, -0.1) is 0 Å². The monoisotopic (exact) mass is 289 g/mol. The number of anilines is 1. The number of hydrogen-bond donors (Lipinski definition) is 1. The Kier molecular flexibility index (Phi) is 3.47. The molecule has 3 rings (SSSR count). The number of rotatable bonds is 3. The first kappa shape index (κ1) is 13.4. The minimum absolute atomic E-state index is 0.0951. The van der Waals surface area contributed by atoms with Crippen LogP contribution in [0.25, 0.3) is 0 Å². The average molecular weight is 289 g/mol. The van der Waals surface area contributed by atoms with Gasteiger partial charge in [-0.05, 0) is 18.1 Å². The molecule has 7 nitrogen and oxygen atoms in total. The highest BCUT2D eigenvalue weighted by atomic mass is 16.6. The first-order valence-electron chi connectivity index (χ1n) is 6.67. The molecule has 0 saturated heterocycles. The highest BCUT2D eigenvalue weighted by Gasteiger charge is 2.20. The molecule has 0 aliphatic carbocycles. The van der Waals surface area contributed by atoms with Crippen LogP contribution in [0.3, 0.4) is 0 Å². The lowest BCUT2D eigenvalue weighted by molar-refractivity contribution is 0.102. The highest BCUT2D eigenvalue weighted by molar-refractivity contribution is 6.04. The van der Waals surface area contributed by atoms with Gasteiger partial charge in [-0.2, -0.15) is 4.98 Å². The molecule has 2 aromatic rings. The van der Waals surface area contributed by atoms with Crippen molar-refractivity contribution in [1.82, 2.24) is 10.1 Å². The smallest absolute Gasteiger partial charge is 0.262 e. The van der Waals surface area contributed by atoms with Crippen molar-refractivity contribution in [3.63, 3.8) is 0 Å². The molecule has 110 valence electrons. The molecule has 7 heteroatoms. The lowest BCUT2D eigenvalue weighted by Crippen LogP contribution is -2.18. The summed E-state index contributed by atoms with van der Waals surface area (Å²) in [5.74, 6) is 1.13. The van der Waals surface area contributed by atoms with E-state index < -0.39 is 0 Å². The van der Waals surface area contributed by atoms with Crippen LogP contribution < -0.4 is 14.8 Å². The molecule has 0 aromatic carbocycles. The maximum atomic E-state index is 12.2. The average Bonchev–Trinajstić information content (AvgIpc) is 2.97. The van der Waals surface area contributed by atoms with Crippen LogP contribution in [0.4, 0.5) is 5.82 Å². The lowest BCUT2D eigenvalue weighted by Gasteiger charge is -2.17. The molecule has 21 heavy (non-hydrogen) atoms. The van der Waals surface area contributed by atoms with E-state index in [0.717, 1.165) is 0 Å². The summed E-state index contributed by atoms with van der Waals surface area (Å²) in [5, 5.41) is 6.55. The second-order valence-electron chi connectivity index (χ2n) is 4.92. The van der Waals surface area contributed by atoms with Crippen molar-refractivity contribution in [1.29, 1.82) is 0 Å². The van der Waals surface area contributed by atoms with Crippen LogP contribution in [0.15, 0.2) is 22.9 Å². The number of carbonyl (C=O) groups is 1. The number of amides is 1. The molecular weight excluding hydrogens is 274 g/mol. The second-order valence-corrected chi connectivity index (χ2v) is 4.92. The Morgan fingerprint density at radius 3 is 2.90 bits per heavy atom. The predicted molar refractivity (Wildman–Crippen MR) is 73.8 cm³/mol. The Balaban J connectivity index is 1.80. The third-order valence-electron chi connectivity index (χ3n) is 3.04. The van der Waals surface area contributed by atoms with Crippen molar-refractivity contribution in [2.45, 2.75) is 19.8 Å². The number of pyridine rings is 1. The third-order valence-corrected chi connectivity index (χ3v) is 3.04. The molecule has 1 N–H and O–H groups in total. The van der Waals surface area contributed by atoms with E-state index in [4.69, 9.17) is 14.0 Å². The van der Waals surface area contributed by atoms with Gasteiger partial charge in [-0.3, -0.25) is 4.79 Å². The van der Waals surface area contributed by atoms with Gasteiger partial charge in [0.25, 0.3) is 11.8 Å². The van der Waals surface area contributed by atoms with Crippen molar-refractivity contribution < 1.29 is 18.8 Å². The molecule has 1 aliphatic rings. The van der Waals surface area contributed by atoms with E-state index in [0.29, 0.717) is 41.9 Å². The summed E-state index contributed by atoms with van der Waals surface area (Å²) >= 11 is 0. The van der Waals surface area contributed by atoms with E-state index in [-0.39, 0.29) is 11.8 Å². The van der Waals surface area contributed by atoms with Crippen molar-refractivity contribution in [2.75, 3.05) is 18.5 Å². The van der Waals surface area contributed by atoms with Crippen LogP contribution in [0.1, 0.15) is 35.8 Å². The summed E-state index contributed by atoms with van der Waals surface area (Å²) in [6.07, 6.45) is 1.34. The maximum absolute atomic E-state index is 12.2. The molecule has 0 atom stereocenters. The normalized spacial score (nSPS) is 13.3. The zero-order chi connectivity index (χ0) is 14.8. The summed E-state index contributed by atoms with van der Waals surface area (Å²) in [4.78, 5) is 16.5. The summed E-state index contributed by atoms with van der Waals surface area (Å²) < 4.78 is 15.6. The number of ether oxygens (including phenoxy) is 2. The van der Waals surface area contributed by atoms with Crippen LogP contribution in [-0.2, 0) is 0 Å². The Hall–Kier alpha value is -2.57. The third kappa shape index (κ3) is 2.67. The van der Waals surface area contributed by atoms with E-state index in [1.165, 1.54) is 6.26 Å². The van der Waals surface area contributed by atoms with Gasteiger partial charge in [-0.25, -0.2) is 0 Å². The number of nitrogens with zero attached hydrogens (tertiary/aromatic N) is 2. The Morgan fingerprint density at radius 1 is 1.29 bits per heavy atom. The van der Waals surface area contributed by atoms with Gasteiger partial charge >= 0.3 is 0 Å². The van der Waals surface area contributed by atoms with Crippen molar-refractivity contribution in [3.8, 4) is 11.6 Å². The fraction of sp³-hybridized carbons (Fsp3) is 0.357. The van der Waals surface area contributed by atoms with Crippen LogP contribution in [0, 0.1) is 0 Å². The number of carbonyl (C=O) groups excluding carboxylic acids is 1. The number of nitrogens with one attached hydrogen (secondary N) is 1. The van der Waals surface area contributed by atoms with E-state index in [2.05, 4.69) is 15.5 Å². The lowest BCUT2D eigenvalue weighted by atomic mass is 10.1. The molecule has 0 unspecified atom stereocenters. The van der Waals surface area contributed by atoms with Crippen LogP contribution in [0.5, 0.6) is 11.6 Å². The first-order chi connectivity index (χ1) is 10.1. The highest BCUT2D eigenvalue weighted by Crippen LogP contribution is 2.29. The van der Waals surface area contributed by atoms with Crippen molar-refractivity contribution >= 4 is 11.7 Å². The van der Waals surface area contributed by atoms with Crippen LogP contribution >= 0.6 is 0 Å². The van der Waals surface area contributed by atoms with Gasteiger partial charge < -0.3 is 19.3 Å². The van der Waals surface area contributed by atoms with Gasteiger partial charge in [0.15, 0.2) is 5.75 Å². The fourth-order valence-corrected chi connectivity index (χ4v) is 2.02. The SMILES string of the molecule is CC(C)c1nocc1C(=O)Nc1ccc2c(n1)OCCO2. The Labute approximate surface area is 121 Å². The molecule has 1 amide bonds. The number of fused-ring (bicyclic) bond motifs is 1. The minimum Gasteiger partial charge on any atom is -0.484 e. The van der Waals surface area contributed by atoms with Crippen molar-refractivity contribution in [2.24, 2.45) is 0 Å². The van der Waals surface area contributed by atoms with Gasteiger partial charge in [0.05, 0.1) is 5.69 Å². The largest absolute Gasteiger partial charge is 0.484 e.